The highest BCUT2D eigenvalue weighted by molar-refractivity contribution is 6.10. The molecule has 0 saturated heterocycles. The molecule has 3 aliphatic carbocycles. The zero-order chi connectivity index (χ0) is 18.8. The third kappa shape index (κ3) is 2.31. The van der Waals surface area contributed by atoms with Crippen LogP contribution in [0.1, 0.15) is 90.6 Å². The van der Waals surface area contributed by atoms with Crippen LogP contribution in [0, 0.1) is 17.3 Å². The fraction of sp³-hybridized carbons (Fsp3) is 0.636. The maximum Gasteiger partial charge on any atom is 0.164 e. The summed E-state index contributed by atoms with van der Waals surface area (Å²) in [5.74, 6) is 0.716. The summed E-state index contributed by atoms with van der Waals surface area (Å²) in [7, 11) is 0. The molecular formula is C22H28O4. The summed E-state index contributed by atoms with van der Waals surface area (Å²) >= 11 is 0. The molecule has 0 radical (unpaired) electrons. The van der Waals surface area contributed by atoms with Gasteiger partial charge in [-0.2, -0.15) is 0 Å². The molecule has 140 valence electrons. The molecule has 1 aromatic carbocycles. The molecule has 2 saturated carbocycles. The van der Waals surface area contributed by atoms with Crippen LogP contribution in [0.15, 0.2) is 6.07 Å². The lowest BCUT2D eigenvalue weighted by molar-refractivity contribution is -0.0227. The van der Waals surface area contributed by atoms with E-state index in [0.29, 0.717) is 17.4 Å². The topological polar surface area (TPSA) is 74.6 Å². The monoisotopic (exact) mass is 356 g/mol. The number of aromatic hydroxyl groups is 1. The zero-order valence-electron chi connectivity index (χ0n) is 15.8. The number of fused-ring (bicyclic) bond motifs is 5. The fourth-order valence-corrected chi connectivity index (χ4v) is 6.43. The molecule has 3 aliphatic rings. The molecule has 1 aromatic rings. The van der Waals surface area contributed by atoms with Crippen LogP contribution >= 0.6 is 0 Å². The molecule has 4 heteroatoms. The number of phenolic OH excluding ortho intramolecular Hbond substituents is 1. The quantitative estimate of drug-likeness (QED) is 0.785. The Bertz CT molecular complexity index is 796. The number of carbonyl (C=O) groups excluding carboxylic acids is 2. The van der Waals surface area contributed by atoms with Crippen LogP contribution in [0.4, 0.5) is 0 Å². The van der Waals surface area contributed by atoms with Crippen molar-refractivity contribution in [3.8, 4) is 5.75 Å². The summed E-state index contributed by atoms with van der Waals surface area (Å²) in [6.07, 6.45) is 5.42. The van der Waals surface area contributed by atoms with Crippen LogP contribution < -0.4 is 0 Å². The van der Waals surface area contributed by atoms with Gasteiger partial charge in [-0.1, -0.05) is 6.92 Å². The first-order valence-corrected chi connectivity index (χ1v) is 9.84. The summed E-state index contributed by atoms with van der Waals surface area (Å²) in [6.45, 7) is 5.14. The van der Waals surface area contributed by atoms with Crippen molar-refractivity contribution in [2.45, 2.75) is 71.3 Å². The minimum Gasteiger partial charge on any atom is -0.507 e. The highest BCUT2D eigenvalue weighted by Gasteiger charge is 2.55. The van der Waals surface area contributed by atoms with E-state index < -0.39 is 0 Å². The number of carbonyl (C=O) groups is 2. The first-order chi connectivity index (χ1) is 12.3. The van der Waals surface area contributed by atoms with Crippen molar-refractivity contribution in [3.63, 3.8) is 0 Å². The lowest BCUT2D eigenvalue weighted by atomic mass is 9.54. The number of hydrogen-bond donors (Lipinski definition) is 2. The number of phenols is 1. The predicted molar refractivity (Wildman–Crippen MR) is 98.7 cm³/mol. The summed E-state index contributed by atoms with van der Waals surface area (Å²) in [5, 5.41) is 20.9. The second-order valence-corrected chi connectivity index (χ2v) is 8.88. The number of aliphatic hydroxyl groups excluding tert-OH is 1. The third-order valence-electron chi connectivity index (χ3n) is 7.64. The Morgan fingerprint density at radius 2 is 1.77 bits per heavy atom. The van der Waals surface area contributed by atoms with Gasteiger partial charge in [0.05, 0.1) is 11.7 Å². The van der Waals surface area contributed by atoms with Gasteiger partial charge >= 0.3 is 0 Å². The molecule has 0 aromatic heterocycles. The average Bonchev–Trinajstić information content (AvgIpc) is 2.88. The van der Waals surface area contributed by atoms with Gasteiger partial charge in [0.1, 0.15) is 5.75 Å². The van der Waals surface area contributed by atoms with Gasteiger partial charge in [0.2, 0.25) is 0 Å². The van der Waals surface area contributed by atoms with Gasteiger partial charge < -0.3 is 10.2 Å². The fourth-order valence-electron chi connectivity index (χ4n) is 6.43. The largest absolute Gasteiger partial charge is 0.507 e. The van der Waals surface area contributed by atoms with E-state index in [1.807, 2.05) is 0 Å². The van der Waals surface area contributed by atoms with Gasteiger partial charge in [-0.3, -0.25) is 9.59 Å². The van der Waals surface area contributed by atoms with E-state index in [-0.39, 0.29) is 40.3 Å². The molecule has 0 unspecified atom stereocenters. The SMILES string of the molecule is CC(=O)c1c(O)cc2c(c1C(C)=O)[C@H]1CC[C@]3(C)[C@@H](O)CC[C@H]3[C@@H]1CC2. The molecule has 26 heavy (non-hydrogen) atoms. The van der Waals surface area contributed by atoms with E-state index in [0.717, 1.165) is 49.7 Å². The standard InChI is InChI=1S/C22H28O4/c1-11(23)19-17(25)10-13-4-5-14-15(21(13)20(19)12(2)24)8-9-22(3)16(14)6-7-18(22)26/h10,14-16,18,25-26H,4-9H2,1-3H3/t14-,15+,16+,18+,22+/m1/s1. The molecule has 0 aliphatic heterocycles. The van der Waals surface area contributed by atoms with Crippen LogP contribution in [0.2, 0.25) is 0 Å². The van der Waals surface area contributed by atoms with Crippen molar-refractivity contribution < 1.29 is 19.8 Å². The van der Waals surface area contributed by atoms with Crippen LogP contribution in [-0.2, 0) is 6.42 Å². The van der Waals surface area contributed by atoms with Crippen LogP contribution in [-0.4, -0.2) is 27.9 Å². The number of ketones is 2. The van der Waals surface area contributed by atoms with Gasteiger partial charge in [0.15, 0.2) is 11.6 Å². The first kappa shape index (κ1) is 17.7. The predicted octanol–water partition coefficient (Wildman–Crippen LogP) is 4.01. The number of benzene rings is 1. The smallest absolute Gasteiger partial charge is 0.164 e. The molecule has 2 fully saturated rings. The van der Waals surface area contributed by atoms with E-state index in [1.54, 1.807) is 6.07 Å². The Morgan fingerprint density at radius 1 is 1.08 bits per heavy atom. The lowest BCUT2D eigenvalue weighted by Crippen LogP contribution is -2.44. The number of aliphatic hydroxyl groups is 1. The molecular weight excluding hydrogens is 328 g/mol. The molecule has 4 rings (SSSR count). The number of Topliss-reactive ketones (excluding diaryl/α,β-unsaturated/α-hetero) is 2. The maximum absolute atomic E-state index is 12.5. The second kappa shape index (κ2) is 5.91. The van der Waals surface area contributed by atoms with Gasteiger partial charge in [-0.25, -0.2) is 0 Å². The Kier molecular flexibility index (Phi) is 4.03. The van der Waals surface area contributed by atoms with E-state index >= 15 is 0 Å². The number of rotatable bonds is 2. The Balaban J connectivity index is 1.87. The van der Waals surface area contributed by atoms with Crippen molar-refractivity contribution in [3.05, 3.63) is 28.3 Å². The third-order valence-corrected chi connectivity index (χ3v) is 7.64. The minimum atomic E-state index is -0.255. The second-order valence-electron chi connectivity index (χ2n) is 8.88. The van der Waals surface area contributed by atoms with E-state index in [2.05, 4.69) is 6.92 Å². The Hall–Kier alpha value is -1.68. The summed E-state index contributed by atoms with van der Waals surface area (Å²) in [5.41, 5.74) is 2.66. The molecule has 0 amide bonds. The molecule has 0 bridgehead atoms. The number of aryl methyl sites for hydroxylation is 1. The van der Waals surface area contributed by atoms with Gasteiger partial charge in [-0.15, -0.1) is 0 Å². The van der Waals surface area contributed by atoms with E-state index in [9.17, 15) is 19.8 Å². The van der Waals surface area contributed by atoms with Crippen molar-refractivity contribution >= 4 is 11.6 Å². The minimum absolute atomic E-state index is 0.0185. The van der Waals surface area contributed by atoms with Crippen LogP contribution in [0.3, 0.4) is 0 Å². The van der Waals surface area contributed by atoms with Crippen molar-refractivity contribution in [2.24, 2.45) is 17.3 Å². The average molecular weight is 356 g/mol. The molecule has 0 heterocycles. The van der Waals surface area contributed by atoms with Gasteiger partial charge in [0, 0.05) is 5.56 Å². The van der Waals surface area contributed by atoms with Crippen molar-refractivity contribution in [2.75, 3.05) is 0 Å². The van der Waals surface area contributed by atoms with Crippen LogP contribution in [0.5, 0.6) is 5.75 Å². The summed E-state index contributed by atoms with van der Waals surface area (Å²) in [4.78, 5) is 24.7. The normalized spacial score (nSPS) is 35.4. The number of hydrogen-bond acceptors (Lipinski definition) is 4. The Labute approximate surface area is 154 Å². The molecule has 5 atom stereocenters. The zero-order valence-corrected chi connectivity index (χ0v) is 15.8. The van der Waals surface area contributed by atoms with Gasteiger partial charge in [0.25, 0.3) is 0 Å². The Morgan fingerprint density at radius 3 is 2.42 bits per heavy atom. The highest BCUT2D eigenvalue weighted by atomic mass is 16.3. The molecule has 2 N–H and O–H groups in total. The van der Waals surface area contributed by atoms with E-state index in [4.69, 9.17) is 0 Å². The lowest BCUT2D eigenvalue weighted by Gasteiger charge is -2.50. The van der Waals surface area contributed by atoms with E-state index in [1.165, 1.54) is 13.8 Å². The summed E-state index contributed by atoms with van der Waals surface area (Å²) < 4.78 is 0. The summed E-state index contributed by atoms with van der Waals surface area (Å²) in [6, 6.07) is 1.71. The van der Waals surface area contributed by atoms with Gasteiger partial charge in [-0.05, 0) is 92.7 Å². The molecule has 0 spiro atoms. The van der Waals surface area contributed by atoms with Crippen LogP contribution in [0.25, 0.3) is 0 Å². The maximum atomic E-state index is 12.5. The molecule has 4 nitrogen and oxygen atoms in total. The van der Waals surface area contributed by atoms with Crippen molar-refractivity contribution in [1.82, 2.24) is 0 Å². The highest BCUT2D eigenvalue weighted by Crippen LogP contribution is 2.61. The first-order valence-electron chi connectivity index (χ1n) is 9.84. The van der Waals surface area contributed by atoms with Crippen molar-refractivity contribution in [1.29, 1.82) is 0 Å².